The first kappa shape index (κ1) is 24.9. The van der Waals surface area contributed by atoms with Crippen LogP contribution in [0.25, 0.3) is 0 Å². The monoisotopic (exact) mass is 498 g/mol. The molecule has 1 heterocycles. The number of sulfonamides is 1. The zero-order valence-electron chi connectivity index (χ0n) is 18.1. The Morgan fingerprint density at radius 2 is 1.91 bits per heavy atom. The Morgan fingerprint density at radius 3 is 2.55 bits per heavy atom. The molecular formula is C22H24ClFN2O6S. The number of ether oxygens (including phenoxy) is 2. The van der Waals surface area contributed by atoms with Gasteiger partial charge in [-0.3, -0.25) is 9.59 Å². The molecule has 1 N–H and O–H groups in total. The van der Waals surface area contributed by atoms with Crippen LogP contribution in [0.3, 0.4) is 0 Å². The van der Waals surface area contributed by atoms with Gasteiger partial charge in [-0.15, -0.1) is 0 Å². The fourth-order valence-electron chi connectivity index (χ4n) is 3.40. The van der Waals surface area contributed by atoms with Crippen LogP contribution < -0.4 is 10.1 Å². The summed E-state index contributed by atoms with van der Waals surface area (Å²) in [6, 6.07) is 9.74. The second-order valence-corrected chi connectivity index (χ2v) is 9.94. The van der Waals surface area contributed by atoms with Gasteiger partial charge < -0.3 is 14.8 Å². The fourth-order valence-corrected chi connectivity index (χ4v) is 5.08. The summed E-state index contributed by atoms with van der Waals surface area (Å²) in [5.74, 6) is -2.33. The predicted molar refractivity (Wildman–Crippen MR) is 120 cm³/mol. The Balaban J connectivity index is 1.62. The standard InChI is InChI=1S/C22H24ClFN2O6S/c1-14(21(27)25-20-10-5-16(23)12-19(20)24)32-22(28)15-4-3-11-26(13-15)33(29,30)18-8-6-17(31-2)7-9-18/h5-10,12,14-15H,3-4,11,13H2,1-2H3,(H,25,27). The van der Waals surface area contributed by atoms with E-state index in [1.165, 1.54) is 42.6 Å². The molecule has 0 aromatic heterocycles. The molecule has 0 bridgehead atoms. The Hall–Kier alpha value is -2.69. The van der Waals surface area contributed by atoms with E-state index in [1.54, 1.807) is 12.1 Å². The Morgan fingerprint density at radius 1 is 1.21 bits per heavy atom. The van der Waals surface area contributed by atoms with Gasteiger partial charge in [0.1, 0.15) is 11.6 Å². The van der Waals surface area contributed by atoms with Crippen molar-refractivity contribution in [3.8, 4) is 5.75 Å². The number of hydrogen-bond acceptors (Lipinski definition) is 6. The van der Waals surface area contributed by atoms with Crippen LogP contribution in [-0.2, 0) is 24.3 Å². The minimum absolute atomic E-state index is 0.0622. The number of methoxy groups -OCH3 is 1. The largest absolute Gasteiger partial charge is 0.497 e. The van der Waals surface area contributed by atoms with Gasteiger partial charge >= 0.3 is 5.97 Å². The summed E-state index contributed by atoms with van der Waals surface area (Å²) < 4.78 is 51.4. The Kier molecular flexibility index (Phi) is 7.93. The van der Waals surface area contributed by atoms with Crippen molar-refractivity contribution in [1.82, 2.24) is 4.31 Å². The van der Waals surface area contributed by atoms with Crippen LogP contribution in [0.15, 0.2) is 47.4 Å². The van der Waals surface area contributed by atoms with Crippen molar-refractivity contribution in [1.29, 1.82) is 0 Å². The molecule has 0 spiro atoms. The highest BCUT2D eigenvalue weighted by atomic mass is 35.5. The maximum absolute atomic E-state index is 13.9. The van der Waals surface area contributed by atoms with Gasteiger partial charge in [-0.2, -0.15) is 4.31 Å². The lowest BCUT2D eigenvalue weighted by molar-refractivity contribution is -0.158. The second kappa shape index (κ2) is 10.5. The van der Waals surface area contributed by atoms with Gasteiger partial charge in [0.05, 0.1) is 23.6 Å². The Labute approximate surface area is 196 Å². The van der Waals surface area contributed by atoms with Crippen LogP contribution in [0.2, 0.25) is 5.02 Å². The van der Waals surface area contributed by atoms with Gasteiger partial charge in [-0.05, 0) is 62.2 Å². The third-order valence-corrected chi connectivity index (χ3v) is 7.38. The number of carbonyl (C=O) groups is 2. The molecule has 1 amide bonds. The highest BCUT2D eigenvalue weighted by Gasteiger charge is 2.35. The van der Waals surface area contributed by atoms with E-state index in [0.29, 0.717) is 18.6 Å². The first-order valence-electron chi connectivity index (χ1n) is 10.2. The summed E-state index contributed by atoms with van der Waals surface area (Å²) in [5, 5.41) is 2.52. The van der Waals surface area contributed by atoms with Crippen LogP contribution in [0.1, 0.15) is 19.8 Å². The number of nitrogens with one attached hydrogen (secondary N) is 1. The molecule has 0 radical (unpaired) electrons. The SMILES string of the molecule is COc1ccc(S(=O)(=O)N2CCCC(C(=O)OC(C)C(=O)Nc3ccc(Cl)cc3F)C2)cc1. The van der Waals surface area contributed by atoms with Crippen LogP contribution in [-0.4, -0.2) is 50.9 Å². The van der Waals surface area contributed by atoms with Crippen LogP contribution in [0.4, 0.5) is 10.1 Å². The minimum Gasteiger partial charge on any atom is -0.497 e. The van der Waals surface area contributed by atoms with E-state index in [9.17, 15) is 22.4 Å². The van der Waals surface area contributed by atoms with Gasteiger partial charge in [0.2, 0.25) is 10.0 Å². The number of anilines is 1. The fraction of sp³-hybridized carbons (Fsp3) is 0.364. The molecule has 1 saturated heterocycles. The quantitative estimate of drug-likeness (QED) is 0.586. The van der Waals surface area contributed by atoms with Crippen LogP contribution in [0.5, 0.6) is 5.75 Å². The zero-order chi connectivity index (χ0) is 24.2. The average molecular weight is 499 g/mol. The summed E-state index contributed by atoms with van der Waals surface area (Å²) in [5.41, 5.74) is -0.0956. The number of esters is 1. The van der Waals surface area contributed by atoms with Gasteiger partial charge in [-0.25, -0.2) is 12.8 Å². The number of hydrogen-bond donors (Lipinski definition) is 1. The molecule has 2 unspecified atom stereocenters. The number of piperidine rings is 1. The lowest BCUT2D eigenvalue weighted by Gasteiger charge is -2.31. The number of rotatable bonds is 7. The summed E-state index contributed by atoms with van der Waals surface area (Å²) in [7, 11) is -2.33. The van der Waals surface area contributed by atoms with Crippen molar-refractivity contribution < 1.29 is 31.9 Å². The maximum atomic E-state index is 13.9. The summed E-state index contributed by atoms with van der Waals surface area (Å²) >= 11 is 5.69. The molecule has 0 aliphatic carbocycles. The molecule has 8 nitrogen and oxygen atoms in total. The van der Waals surface area contributed by atoms with E-state index < -0.39 is 39.7 Å². The molecular weight excluding hydrogens is 475 g/mol. The summed E-state index contributed by atoms with van der Waals surface area (Å²) in [6.45, 7) is 1.56. The molecule has 178 valence electrons. The van der Waals surface area contributed by atoms with Gasteiger partial charge in [-0.1, -0.05) is 11.6 Å². The van der Waals surface area contributed by atoms with Crippen molar-refractivity contribution in [2.75, 3.05) is 25.5 Å². The van der Waals surface area contributed by atoms with Crippen molar-refractivity contribution in [2.45, 2.75) is 30.8 Å². The molecule has 2 aromatic carbocycles. The van der Waals surface area contributed by atoms with Crippen LogP contribution in [0, 0.1) is 11.7 Å². The van der Waals surface area contributed by atoms with E-state index in [-0.39, 0.29) is 28.7 Å². The molecule has 33 heavy (non-hydrogen) atoms. The normalized spacial score (nSPS) is 17.8. The minimum atomic E-state index is -3.81. The average Bonchev–Trinajstić information content (AvgIpc) is 2.80. The summed E-state index contributed by atoms with van der Waals surface area (Å²) in [4.78, 5) is 25.1. The molecule has 3 rings (SSSR count). The van der Waals surface area contributed by atoms with Gasteiger partial charge in [0, 0.05) is 18.1 Å². The molecule has 2 atom stereocenters. The topological polar surface area (TPSA) is 102 Å². The smallest absolute Gasteiger partial charge is 0.311 e. The number of carbonyl (C=O) groups excluding carboxylic acids is 2. The first-order chi connectivity index (χ1) is 15.6. The van der Waals surface area contributed by atoms with Gasteiger partial charge in [0.25, 0.3) is 5.91 Å². The Bertz CT molecular complexity index is 1130. The summed E-state index contributed by atoms with van der Waals surface area (Å²) in [6.07, 6.45) is -0.319. The predicted octanol–water partition coefficient (Wildman–Crippen LogP) is 3.46. The van der Waals surface area contributed by atoms with Gasteiger partial charge in [0.15, 0.2) is 6.10 Å². The van der Waals surface area contributed by atoms with E-state index in [1.807, 2.05) is 0 Å². The van der Waals surface area contributed by atoms with Crippen LogP contribution >= 0.6 is 11.6 Å². The van der Waals surface area contributed by atoms with E-state index in [4.69, 9.17) is 21.1 Å². The van der Waals surface area contributed by atoms with Crippen molar-refractivity contribution in [3.63, 3.8) is 0 Å². The number of amides is 1. The molecule has 1 fully saturated rings. The molecule has 1 aliphatic rings. The molecule has 0 saturated carbocycles. The van der Waals surface area contributed by atoms with Crippen molar-refractivity contribution in [2.24, 2.45) is 5.92 Å². The van der Waals surface area contributed by atoms with E-state index in [0.717, 1.165) is 6.07 Å². The van der Waals surface area contributed by atoms with Crippen molar-refractivity contribution in [3.05, 3.63) is 53.3 Å². The third kappa shape index (κ3) is 6.01. The molecule has 1 aliphatic heterocycles. The molecule has 2 aromatic rings. The van der Waals surface area contributed by atoms with E-state index in [2.05, 4.69) is 5.32 Å². The molecule has 11 heteroatoms. The lowest BCUT2D eigenvalue weighted by Crippen LogP contribution is -2.44. The highest BCUT2D eigenvalue weighted by molar-refractivity contribution is 7.89. The first-order valence-corrected chi connectivity index (χ1v) is 12.0. The van der Waals surface area contributed by atoms with Crippen molar-refractivity contribution >= 4 is 39.2 Å². The number of halogens is 2. The zero-order valence-corrected chi connectivity index (χ0v) is 19.7. The second-order valence-electron chi connectivity index (χ2n) is 7.57. The number of nitrogens with zero attached hydrogens (tertiary/aromatic N) is 1. The maximum Gasteiger partial charge on any atom is 0.311 e. The highest BCUT2D eigenvalue weighted by Crippen LogP contribution is 2.26. The third-order valence-electron chi connectivity index (χ3n) is 5.27. The lowest BCUT2D eigenvalue weighted by atomic mass is 10.00. The van der Waals surface area contributed by atoms with E-state index >= 15 is 0 Å². The number of benzene rings is 2.